The van der Waals surface area contributed by atoms with E-state index in [1.807, 2.05) is 36.4 Å². The molecule has 0 saturated carbocycles. The minimum absolute atomic E-state index is 0.0412. The molecule has 0 atom stereocenters. The predicted molar refractivity (Wildman–Crippen MR) is 78.6 cm³/mol. The van der Waals surface area contributed by atoms with Crippen molar-refractivity contribution in [3.8, 4) is 5.88 Å². The first kappa shape index (κ1) is 12.8. The number of nitrogens with zero attached hydrogens (tertiary/aromatic N) is 3. The van der Waals surface area contributed by atoms with E-state index in [1.54, 1.807) is 11.0 Å². The van der Waals surface area contributed by atoms with Gasteiger partial charge in [-0.05, 0) is 12.1 Å². The van der Waals surface area contributed by atoms with Crippen LogP contribution in [0.1, 0.15) is 10.6 Å². The van der Waals surface area contributed by atoms with Crippen LogP contribution in [0, 0.1) is 0 Å². The van der Waals surface area contributed by atoms with Gasteiger partial charge in [-0.1, -0.05) is 23.4 Å². The Labute approximate surface area is 126 Å². The van der Waals surface area contributed by atoms with Crippen LogP contribution in [0.5, 0.6) is 5.88 Å². The average molecular weight is 295 g/mol. The van der Waals surface area contributed by atoms with E-state index in [4.69, 9.17) is 9.26 Å². The van der Waals surface area contributed by atoms with Gasteiger partial charge in [0.15, 0.2) is 0 Å². The molecule has 1 saturated heterocycles. The first-order chi connectivity index (χ1) is 10.8. The minimum Gasteiger partial charge on any atom is -0.471 e. The zero-order chi connectivity index (χ0) is 14.9. The Morgan fingerprint density at radius 1 is 1.18 bits per heavy atom. The Kier molecular flexibility index (Phi) is 3.00. The Balaban J connectivity index is 1.40. The van der Waals surface area contributed by atoms with Gasteiger partial charge in [-0.3, -0.25) is 4.79 Å². The number of likely N-dealkylation sites (tertiary alicyclic amines) is 1. The summed E-state index contributed by atoms with van der Waals surface area (Å²) < 4.78 is 10.7. The maximum absolute atomic E-state index is 12.0. The van der Waals surface area contributed by atoms with Gasteiger partial charge >= 0.3 is 0 Å². The fourth-order valence-corrected chi connectivity index (χ4v) is 2.44. The van der Waals surface area contributed by atoms with Crippen LogP contribution < -0.4 is 4.74 Å². The molecule has 0 spiro atoms. The number of carbonyl (C=O) groups is 1. The van der Waals surface area contributed by atoms with Gasteiger partial charge in [0.05, 0.1) is 24.8 Å². The summed E-state index contributed by atoms with van der Waals surface area (Å²) in [6.07, 6.45) is 1.42. The third-order valence-electron chi connectivity index (χ3n) is 3.64. The molecule has 2 aromatic heterocycles. The molecule has 0 N–H and O–H groups in total. The molecule has 4 rings (SSSR count). The predicted octanol–water partition coefficient (Wildman–Crippen LogP) is 2.13. The maximum Gasteiger partial charge on any atom is 0.292 e. The first-order valence-corrected chi connectivity index (χ1v) is 7.02. The lowest BCUT2D eigenvalue weighted by molar-refractivity contribution is 0.0133. The topological polar surface area (TPSA) is 68.5 Å². The molecule has 3 heterocycles. The fourth-order valence-electron chi connectivity index (χ4n) is 2.44. The third-order valence-corrected chi connectivity index (χ3v) is 3.64. The molecule has 1 amide bonds. The molecule has 0 bridgehead atoms. The van der Waals surface area contributed by atoms with Gasteiger partial charge in [0, 0.05) is 17.5 Å². The van der Waals surface area contributed by atoms with Crippen LogP contribution in [-0.2, 0) is 0 Å². The number of aromatic nitrogens is 2. The van der Waals surface area contributed by atoms with E-state index in [2.05, 4.69) is 10.1 Å². The lowest BCUT2D eigenvalue weighted by Gasteiger charge is -2.37. The van der Waals surface area contributed by atoms with Gasteiger partial charge in [0.25, 0.3) is 5.91 Å². The molecule has 3 aromatic rings. The highest BCUT2D eigenvalue weighted by molar-refractivity contribution is 5.91. The smallest absolute Gasteiger partial charge is 0.292 e. The number of hydrogen-bond donors (Lipinski definition) is 0. The van der Waals surface area contributed by atoms with Crippen molar-refractivity contribution in [1.82, 2.24) is 15.0 Å². The van der Waals surface area contributed by atoms with Crippen LogP contribution in [0.15, 0.2) is 53.2 Å². The second-order valence-corrected chi connectivity index (χ2v) is 5.17. The standard InChI is InChI=1S/C16H13N3O3/c20-16(14-7-8-17-22-14)19-9-12(10-19)21-15-6-5-11-3-1-2-4-13(11)18-15/h1-8,12H,9-10H2. The lowest BCUT2D eigenvalue weighted by Crippen LogP contribution is -2.56. The van der Waals surface area contributed by atoms with Gasteiger partial charge in [-0.15, -0.1) is 0 Å². The largest absolute Gasteiger partial charge is 0.471 e. The minimum atomic E-state index is -0.163. The van der Waals surface area contributed by atoms with E-state index in [1.165, 1.54) is 6.20 Å². The Morgan fingerprint density at radius 2 is 2.05 bits per heavy atom. The second kappa shape index (κ2) is 5.14. The van der Waals surface area contributed by atoms with Gasteiger partial charge in [-0.25, -0.2) is 4.98 Å². The normalized spacial score (nSPS) is 14.8. The number of fused-ring (bicyclic) bond motifs is 1. The Morgan fingerprint density at radius 3 is 2.86 bits per heavy atom. The molecule has 0 unspecified atom stereocenters. The molecule has 22 heavy (non-hydrogen) atoms. The van der Waals surface area contributed by atoms with E-state index in [0.29, 0.717) is 19.0 Å². The van der Waals surface area contributed by atoms with Crippen LogP contribution in [0.3, 0.4) is 0 Å². The zero-order valence-corrected chi connectivity index (χ0v) is 11.7. The summed E-state index contributed by atoms with van der Waals surface area (Å²) in [5, 5.41) is 4.61. The van der Waals surface area contributed by atoms with E-state index < -0.39 is 0 Å². The van der Waals surface area contributed by atoms with Crippen molar-refractivity contribution in [2.75, 3.05) is 13.1 Å². The third kappa shape index (κ3) is 2.28. The molecule has 6 nitrogen and oxygen atoms in total. The molecule has 6 heteroatoms. The highest BCUT2D eigenvalue weighted by Gasteiger charge is 2.34. The number of rotatable bonds is 3. The number of benzene rings is 1. The molecular weight excluding hydrogens is 282 g/mol. The van der Waals surface area contributed by atoms with Gasteiger partial charge in [-0.2, -0.15) is 0 Å². The van der Waals surface area contributed by atoms with E-state index in [0.717, 1.165) is 10.9 Å². The number of amides is 1. The highest BCUT2D eigenvalue weighted by Crippen LogP contribution is 2.21. The van der Waals surface area contributed by atoms with Crippen molar-refractivity contribution in [1.29, 1.82) is 0 Å². The van der Waals surface area contributed by atoms with Gasteiger partial charge in [0.1, 0.15) is 6.10 Å². The van der Waals surface area contributed by atoms with Crippen molar-refractivity contribution in [2.45, 2.75) is 6.10 Å². The van der Waals surface area contributed by atoms with Crippen LogP contribution in [-0.4, -0.2) is 40.1 Å². The fraction of sp³-hybridized carbons (Fsp3) is 0.188. The summed E-state index contributed by atoms with van der Waals surface area (Å²) in [4.78, 5) is 18.1. The maximum atomic E-state index is 12.0. The second-order valence-electron chi connectivity index (χ2n) is 5.17. The average Bonchev–Trinajstić information content (AvgIpc) is 3.04. The van der Waals surface area contributed by atoms with Crippen molar-refractivity contribution >= 4 is 16.8 Å². The number of pyridine rings is 1. The molecule has 1 aromatic carbocycles. The summed E-state index contributed by atoms with van der Waals surface area (Å²) in [5.74, 6) is 0.668. The molecule has 0 aliphatic carbocycles. The zero-order valence-electron chi connectivity index (χ0n) is 11.7. The van der Waals surface area contributed by atoms with E-state index in [9.17, 15) is 4.79 Å². The molecule has 1 aliphatic heterocycles. The van der Waals surface area contributed by atoms with Crippen molar-refractivity contribution in [2.24, 2.45) is 0 Å². The van der Waals surface area contributed by atoms with Crippen LogP contribution in [0.2, 0.25) is 0 Å². The number of para-hydroxylation sites is 1. The van der Waals surface area contributed by atoms with E-state index in [-0.39, 0.29) is 17.8 Å². The molecule has 110 valence electrons. The SMILES string of the molecule is O=C(c1ccno1)N1CC(Oc2ccc3ccccc3n2)C1. The molecule has 1 fully saturated rings. The van der Waals surface area contributed by atoms with Crippen LogP contribution >= 0.6 is 0 Å². The highest BCUT2D eigenvalue weighted by atomic mass is 16.5. The van der Waals surface area contributed by atoms with Crippen molar-refractivity contribution < 1.29 is 14.1 Å². The summed E-state index contributed by atoms with van der Waals surface area (Å²) in [5.41, 5.74) is 0.897. The lowest BCUT2D eigenvalue weighted by atomic mass is 10.1. The summed E-state index contributed by atoms with van der Waals surface area (Å²) in [6, 6.07) is 13.3. The van der Waals surface area contributed by atoms with Crippen molar-refractivity contribution in [3.63, 3.8) is 0 Å². The van der Waals surface area contributed by atoms with Crippen LogP contribution in [0.4, 0.5) is 0 Å². The summed E-state index contributed by atoms with van der Waals surface area (Å²) in [7, 11) is 0. The number of carbonyl (C=O) groups excluding carboxylic acids is 1. The Bertz CT molecular complexity index is 810. The van der Waals surface area contributed by atoms with Gasteiger partial charge < -0.3 is 14.2 Å². The summed E-state index contributed by atoms with van der Waals surface area (Å²) >= 11 is 0. The molecule has 0 radical (unpaired) electrons. The van der Waals surface area contributed by atoms with Crippen LogP contribution in [0.25, 0.3) is 10.9 Å². The monoisotopic (exact) mass is 295 g/mol. The Hall–Kier alpha value is -2.89. The quantitative estimate of drug-likeness (QED) is 0.740. The molecule has 1 aliphatic rings. The van der Waals surface area contributed by atoms with E-state index >= 15 is 0 Å². The van der Waals surface area contributed by atoms with Gasteiger partial charge in [0.2, 0.25) is 11.6 Å². The summed E-state index contributed by atoms with van der Waals surface area (Å²) in [6.45, 7) is 1.04. The number of hydrogen-bond acceptors (Lipinski definition) is 5. The van der Waals surface area contributed by atoms with Crippen molar-refractivity contribution in [3.05, 3.63) is 54.4 Å². The first-order valence-electron chi connectivity index (χ1n) is 7.02. The number of ether oxygens (including phenoxy) is 1. The molecular formula is C16H13N3O3.